The molecule has 1 aromatic carbocycles. The summed E-state index contributed by atoms with van der Waals surface area (Å²) < 4.78 is 5.50. The van der Waals surface area contributed by atoms with Gasteiger partial charge in [0.15, 0.2) is 0 Å². The fourth-order valence-electron chi connectivity index (χ4n) is 1.19. The van der Waals surface area contributed by atoms with Crippen LogP contribution in [0, 0.1) is 11.8 Å². The van der Waals surface area contributed by atoms with Gasteiger partial charge < -0.3 is 4.74 Å². The molecule has 1 aromatic rings. The van der Waals surface area contributed by atoms with Gasteiger partial charge in [-0.15, -0.1) is 11.8 Å². The molecular formula is C14H18O. The van der Waals surface area contributed by atoms with Crippen LogP contribution in [0.3, 0.4) is 0 Å². The van der Waals surface area contributed by atoms with Crippen molar-refractivity contribution in [2.75, 3.05) is 6.61 Å². The van der Waals surface area contributed by atoms with Crippen molar-refractivity contribution in [3.63, 3.8) is 0 Å². The summed E-state index contributed by atoms with van der Waals surface area (Å²) in [4.78, 5) is 0. The van der Waals surface area contributed by atoms with Gasteiger partial charge in [0.05, 0.1) is 13.2 Å². The van der Waals surface area contributed by atoms with Crippen LogP contribution in [-0.2, 0) is 11.3 Å². The summed E-state index contributed by atoms with van der Waals surface area (Å²) in [6.07, 6.45) is 2.98. The van der Waals surface area contributed by atoms with Gasteiger partial charge in [-0.2, -0.15) is 0 Å². The number of hydrogen-bond acceptors (Lipinski definition) is 1. The standard InChI is InChI=1S/C14H18O/c1-2-3-4-5-9-12-15-13-14-10-7-6-8-11-14/h6-8,10-11H,2-3,9,12-13H2,1H3. The lowest BCUT2D eigenvalue weighted by Gasteiger charge is -2.00. The molecule has 80 valence electrons. The van der Waals surface area contributed by atoms with E-state index in [-0.39, 0.29) is 0 Å². The predicted molar refractivity (Wildman–Crippen MR) is 63.4 cm³/mol. The van der Waals surface area contributed by atoms with Gasteiger partial charge in [-0.25, -0.2) is 0 Å². The molecule has 0 atom stereocenters. The van der Waals surface area contributed by atoms with E-state index < -0.39 is 0 Å². The highest BCUT2D eigenvalue weighted by atomic mass is 16.5. The molecule has 0 spiro atoms. The van der Waals surface area contributed by atoms with Gasteiger partial charge in [0.25, 0.3) is 0 Å². The summed E-state index contributed by atoms with van der Waals surface area (Å²) in [7, 11) is 0. The highest BCUT2D eigenvalue weighted by Gasteiger charge is 1.89. The zero-order valence-electron chi connectivity index (χ0n) is 9.33. The lowest BCUT2D eigenvalue weighted by atomic mass is 10.2. The van der Waals surface area contributed by atoms with Crippen molar-refractivity contribution in [2.24, 2.45) is 0 Å². The first-order chi connectivity index (χ1) is 7.43. The maximum atomic E-state index is 5.50. The molecular weight excluding hydrogens is 184 g/mol. The first-order valence-corrected chi connectivity index (χ1v) is 5.51. The molecule has 0 saturated carbocycles. The number of unbranched alkanes of at least 4 members (excludes halogenated alkanes) is 1. The summed E-state index contributed by atoms with van der Waals surface area (Å²) in [5.74, 6) is 6.20. The quantitative estimate of drug-likeness (QED) is 0.525. The molecule has 1 nitrogen and oxygen atoms in total. The second-order valence-electron chi connectivity index (χ2n) is 3.39. The molecule has 0 N–H and O–H groups in total. The second-order valence-corrected chi connectivity index (χ2v) is 3.39. The maximum absolute atomic E-state index is 5.50. The van der Waals surface area contributed by atoms with Crippen LogP contribution in [-0.4, -0.2) is 6.61 Å². The first kappa shape index (κ1) is 11.8. The fraction of sp³-hybridized carbons (Fsp3) is 0.429. The van der Waals surface area contributed by atoms with Gasteiger partial charge in [0.2, 0.25) is 0 Å². The molecule has 0 aliphatic rings. The minimum Gasteiger partial charge on any atom is -0.376 e. The molecule has 0 aliphatic heterocycles. The van der Waals surface area contributed by atoms with Crippen molar-refractivity contribution < 1.29 is 4.74 Å². The third-order valence-electron chi connectivity index (χ3n) is 1.98. The van der Waals surface area contributed by atoms with Gasteiger partial charge in [0, 0.05) is 12.8 Å². The Bertz CT molecular complexity index is 305. The number of rotatable bonds is 5. The number of hydrogen-bond donors (Lipinski definition) is 0. The van der Waals surface area contributed by atoms with Gasteiger partial charge in [0.1, 0.15) is 0 Å². The van der Waals surface area contributed by atoms with E-state index in [0.29, 0.717) is 6.61 Å². The summed E-state index contributed by atoms with van der Waals surface area (Å²) in [6.45, 7) is 3.56. The van der Waals surface area contributed by atoms with Gasteiger partial charge >= 0.3 is 0 Å². The molecule has 0 saturated heterocycles. The Labute approximate surface area is 92.5 Å². The van der Waals surface area contributed by atoms with Crippen LogP contribution in [0.25, 0.3) is 0 Å². The van der Waals surface area contributed by atoms with Crippen molar-refractivity contribution >= 4 is 0 Å². The SMILES string of the molecule is CCCC#CCCOCc1ccccc1. The second kappa shape index (κ2) is 8.08. The van der Waals surface area contributed by atoms with Crippen LogP contribution in [0.1, 0.15) is 31.7 Å². The predicted octanol–water partition coefficient (Wildman–Crippen LogP) is 3.40. The zero-order valence-corrected chi connectivity index (χ0v) is 9.33. The van der Waals surface area contributed by atoms with Gasteiger partial charge in [-0.3, -0.25) is 0 Å². The van der Waals surface area contributed by atoms with E-state index in [1.807, 2.05) is 18.2 Å². The van der Waals surface area contributed by atoms with Crippen LogP contribution in [0.4, 0.5) is 0 Å². The molecule has 0 heterocycles. The summed E-state index contributed by atoms with van der Waals surface area (Å²) >= 11 is 0. The molecule has 0 unspecified atom stereocenters. The Morgan fingerprint density at radius 1 is 1.07 bits per heavy atom. The zero-order chi connectivity index (χ0) is 10.8. The Balaban J connectivity index is 2.06. The Kier molecular flexibility index (Phi) is 6.36. The van der Waals surface area contributed by atoms with E-state index in [9.17, 15) is 0 Å². The van der Waals surface area contributed by atoms with Crippen LogP contribution >= 0.6 is 0 Å². The van der Waals surface area contributed by atoms with Gasteiger partial charge in [-0.05, 0) is 12.0 Å². The van der Waals surface area contributed by atoms with Gasteiger partial charge in [-0.1, -0.05) is 37.3 Å². The monoisotopic (exact) mass is 202 g/mol. The molecule has 0 aromatic heterocycles. The highest BCUT2D eigenvalue weighted by Crippen LogP contribution is 2.00. The van der Waals surface area contributed by atoms with Crippen LogP contribution in [0.2, 0.25) is 0 Å². The van der Waals surface area contributed by atoms with Crippen LogP contribution in [0.5, 0.6) is 0 Å². The first-order valence-electron chi connectivity index (χ1n) is 5.51. The van der Waals surface area contributed by atoms with E-state index in [0.717, 1.165) is 25.9 Å². The third-order valence-corrected chi connectivity index (χ3v) is 1.98. The number of ether oxygens (including phenoxy) is 1. The van der Waals surface area contributed by atoms with E-state index in [1.165, 1.54) is 5.56 Å². The molecule has 0 radical (unpaired) electrons. The Morgan fingerprint density at radius 2 is 1.80 bits per heavy atom. The molecule has 0 bridgehead atoms. The van der Waals surface area contributed by atoms with Crippen molar-refractivity contribution in [1.29, 1.82) is 0 Å². The summed E-state index contributed by atoms with van der Waals surface area (Å²) in [5, 5.41) is 0. The Hall–Kier alpha value is -1.26. The molecule has 0 amide bonds. The Morgan fingerprint density at radius 3 is 2.53 bits per heavy atom. The lowest BCUT2D eigenvalue weighted by molar-refractivity contribution is 0.126. The average Bonchev–Trinajstić information content (AvgIpc) is 2.29. The van der Waals surface area contributed by atoms with Crippen molar-refractivity contribution in [1.82, 2.24) is 0 Å². The maximum Gasteiger partial charge on any atom is 0.0717 e. The third kappa shape index (κ3) is 5.93. The van der Waals surface area contributed by atoms with E-state index in [2.05, 4.69) is 30.9 Å². The normalized spacial score (nSPS) is 9.40. The largest absolute Gasteiger partial charge is 0.376 e. The molecule has 1 heteroatoms. The van der Waals surface area contributed by atoms with E-state index in [1.54, 1.807) is 0 Å². The fourth-order valence-corrected chi connectivity index (χ4v) is 1.19. The molecule has 0 aliphatic carbocycles. The van der Waals surface area contributed by atoms with Crippen molar-refractivity contribution in [2.45, 2.75) is 32.8 Å². The highest BCUT2D eigenvalue weighted by molar-refractivity contribution is 5.13. The van der Waals surface area contributed by atoms with Crippen molar-refractivity contribution in [3.05, 3.63) is 35.9 Å². The summed E-state index contributed by atoms with van der Waals surface area (Å²) in [6, 6.07) is 10.2. The van der Waals surface area contributed by atoms with Crippen LogP contribution in [0.15, 0.2) is 30.3 Å². The lowest BCUT2D eigenvalue weighted by Crippen LogP contribution is -1.93. The number of benzene rings is 1. The molecule has 0 fully saturated rings. The summed E-state index contributed by atoms with van der Waals surface area (Å²) in [5.41, 5.74) is 1.22. The topological polar surface area (TPSA) is 9.23 Å². The van der Waals surface area contributed by atoms with E-state index in [4.69, 9.17) is 4.74 Å². The minimum atomic E-state index is 0.691. The van der Waals surface area contributed by atoms with Crippen LogP contribution < -0.4 is 0 Å². The smallest absolute Gasteiger partial charge is 0.0717 e. The minimum absolute atomic E-state index is 0.691. The molecule has 15 heavy (non-hydrogen) atoms. The molecule has 1 rings (SSSR count). The average molecular weight is 202 g/mol. The van der Waals surface area contributed by atoms with Crippen molar-refractivity contribution in [3.8, 4) is 11.8 Å². The van der Waals surface area contributed by atoms with E-state index >= 15 is 0 Å².